The second-order valence-corrected chi connectivity index (χ2v) is 10.5. The van der Waals surface area contributed by atoms with Gasteiger partial charge in [0, 0.05) is 45.4 Å². The van der Waals surface area contributed by atoms with E-state index in [-0.39, 0.29) is 43.3 Å². The normalized spacial score (nSPS) is 14.9. The van der Waals surface area contributed by atoms with Crippen molar-refractivity contribution in [1.82, 2.24) is 14.4 Å². The third-order valence-electron chi connectivity index (χ3n) is 5.07. The van der Waals surface area contributed by atoms with E-state index in [1.165, 1.54) is 32.6 Å². The summed E-state index contributed by atoms with van der Waals surface area (Å²) in [5.41, 5.74) is 0.485. The standard InChI is InChI=1S/C19H23N5O8S2/c1-3-32-19(27)23-8-6-22(7-9-23)17(26)12-34(30,31)11-16(25)20-18-21(2)14-5-4-13(24(28)29)10-15(14)33-18/h4-5,10H,3,6-9,11-12H2,1-2H3. The number of fused-ring (bicyclic) bond motifs is 1. The topological polar surface area (TPSA) is 161 Å². The molecule has 13 nitrogen and oxygen atoms in total. The van der Waals surface area contributed by atoms with Gasteiger partial charge in [-0.1, -0.05) is 11.3 Å². The Hall–Kier alpha value is -3.33. The first kappa shape index (κ1) is 25.3. The number of rotatable bonds is 6. The largest absolute Gasteiger partial charge is 0.450 e. The number of nitro benzene ring substituents is 1. The molecule has 1 aliphatic heterocycles. The highest BCUT2D eigenvalue weighted by Crippen LogP contribution is 2.22. The van der Waals surface area contributed by atoms with Crippen molar-refractivity contribution in [1.29, 1.82) is 0 Å². The van der Waals surface area contributed by atoms with Crippen LogP contribution in [0.15, 0.2) is 23.2 Å². The number of piperazine rings is 1. The van der Waals surface area contributed by atoms with Crippen LogP contribution in [0.2, 0.25) is 0 Å². The number of carbonyl (C=O) groups is 3. The number of ether oxygens (including phenoxy) is 1. The minimum absolute atomic E-state index is 0.114. The molecular formula is C19H23N5O8S2. The minimum Gasteiger partial charge on any atom is -0.450 e. The number of benzene rings is 1. The molecule has 1 saturated heterocycles. The number of amides is 3. The highest BCUT2D eigenvalue weighted by atomic mass is 32.2. The molecule has 0 atom stereocenters. The Morgan fingerprint density at radius 3 is 2.41 bits per heavy atom. The summed E-state index contributed by atoms with van der Waals surface area (Å²) in [6, 6.07) is 4.19. The third kappa shape index (κ3) is 5.96. The average Bonchev–Trinajstić information content (AvgIpc) is 3.07. The van der Waals surface area contributed by atoms with Gasteiger partial charge in [-0.05, 0) is 13.0 Å². The summed E-state index contributed by atoms with van der Waals surface area (Å²) in [5, 5.41) is 11.0. The van der Waals surface area contributed by atoms with E-state index in [2.05, 4.69) is 4.99 Å². The van der Waals surface area contributed by atoms with Gasteiger partial charge >= 0.3 is 6.09 Å². The number of thiazole rings is 1. The Morgan fingerprint density at radius 2 is 1.79 bits per heavy atom. The smallest absolute Gasteiger partial charge is 0.409 e. The van der Waals surface area contributed by atoms with E-state index in [1.807, 2.05) is 0 Å². The molecule has 1 aromatic carbocycles. The molecule has 3 amide bonds. The van der Waals surface area contributed by atoms with Crippen molar-refractivity contribution in [3.05, 3.63) is 33.1 Å². The molecule has 1 fully saturated rings. The molecule has 0 spiro atoms. The van der Waals surface area contributed by atoms with E-state index >= 15 is 0 Å². The van der Waals surface area contributed by atoms with E-state index in [1.54, 1.807) is 14.0 Å². The number of nitro groups is 1. The molecule has 15 heteroatoms. The van der Waals surface area contributed by atoms with Crippen LogP contribution in [0.1, 0.15) is 6.92 Å². The van der Waals surface area contributed by atoms with Crippen molar-refractivity contribution in [3.63, 3.8) is 0 Å². The first-order chi connectivity index (χ1) is 16.0. The summed E-state index contributed by atoms with van der Waals surface area (Å²) >= 11 is 1.01. The molecule has 0 bridgehead atoms. The molecule has 34 heavy (non-hydrogen) atoms. The van der Waals surface area contributed by atoms with Gasteiger partial charge in [0.15, 0.2) is 14.6 Å². The van der Waals surface area contributed by atoms with Gasteiger partial charge in [-0.3, -0.25) is 19.7 Å². The van der Waals surface area contributed by atoms with Gasteiger partial charge in [0.1, 0.15) is 11.5 Å². The van der Waals surface area contributed by atoms with Crippen LogP contribution < -0.4 is 4.80 Å². The first-order valence-electron chi connectivity index (χ1n) is 10.2. The Morgan fingerprint density at radius 1 is 1.15 bits per heavy atom. The van der Waals surface area contributed by atoms with Gasteiger partial charge in [0.05, 0.1) is 21.7 Å². The van der Waals surface area contributed by atoms with Gasteiger partial charge in [-0.15, -0.1) is 0 Å². The van der Waals surface area contributed by atoms with Gasteiger partial charge in [0.2, 0.25) is 5.91 Å². The van der Waals surface area contributed by atoms with Crippen molar-refractivity contribution >= 4 is 55.0 Å². The summed E-state index contributed by atoms with van der Waals surface area (Å²) < 4.78 is 31.8. The maximum absolute atomic E-state index is 12.4. The summed E-state index contributed by atoms with van der Waals surface area (Å²) in [6.07, 6.45) is -0.488. The van der Waals surface area contributed by atoms with Gasteiger partial charge < -0.3 is 19.1 Å². The van der Waals surface area contributed by atoms with Gasteiger partial charge in [-0.25, -0.2) is 13.2 Å². The second-order valence-electron chi connectivity index (χ2n) is 7.46. The van der Waals surface area contributed by atoms with Crippen molar-refractivity contribution in [2.75, 3.05) is 44.3 Å². The third-order valence-corrected chi connectivity index (χ3v) is 7.54. The summed E-state index contributed by atoms with van der Waals surface area (Å²) in [6.45, 7) is 2.68. The maximum Gasteiger partial charge on any atom is 0.409 e. The predicted octanol–water partition coefficient (Wildman–Crippen LogP) is 0.291. The lowest BCUT2D eigenvalue weighted by Gasteiger charge is -2.34. The van der Waals surface area contributed by atoms with Crippen molar-refractivity contribution in [3.8, 4) is 0 Å². The lowest BCUT2D eigenvalue weighted by molar-refractivity contribution is -0.384. The highest BCUT2D eigenvalue weighted by molar-refractivity contribution is 7.92. The van der Waals surface area contributed by atoms with E-state index in [4.69, 9.17) is 4.74 Å². The van der Waals surface area contributed by atoms with Crippen LogP contribution in [0, 0.1) is 10.1 Å². The Balaban J connectivity index is 1.64. The highest BCUT2D eigenvalue weighted by Gasteiger charge is 2.28. The molecule has 0 unspecified atom stereocenters. The van der Waals surface area contributed by atoms with Crippen LogP contribution in [0.4, 0.5) is 10.5 Å². The van der Waals surface area contributed by atoms with E-state index in [0.29, 0.717) is 10.2 Å². The molecule has 2 heterocycles. The summed E-state index contributed by atoms with van der Waals surface area (Å²) in [7, 11) is -2.48. The van der Waals surface area contributed by atoms with Crippen LogP contribution in [0.25, 0.3) is 10.2 Å². The molecule has 0 aliphatic carbocycles. The van der Waals surface area contributed by atoms with E-state index in [0.717, 1.165) is 11.3 Å². The lowest BCUT2D eigenvalue weighted by atomic mass is 10.3. The van der Waals surface area contributed by atoms with Crippen LogP contribution in [-0.4, -0.2) is 89.9 Å². The molecule has 0 saturated carbocycles. The number of sulfone groups is 1. The zero-order chi connectivity index (χ0) is 25.0. The fraction of sp³-hybridized carbons (Fsp3) is 0.474. The number of hydrogen-bond donors (Lipinski definition) is 0. The number of carbonyl (C=O) groups excluding carboxylic acids is 3. The molecule has 0 radical (unpaired) electrons. The number of nitrogens with zero attached hydrogens (tertiary/aromatic N) is 5. The molecule has 2 aromatic rings. The number of non-ortho nitro benzene ring substituents is 1. The fourth-order valence-electron chi connectivity index (χ4n) is 3.35. The number of hydrogen-bond acceptors (Lipinski definition) is 9. The van der Waals surface area contributed by atoms with Crippen LogP contribution in [0.3, 0.4) is 0 Å². The molecular weight excluding hydrogens is 490 g/mol. The van der Waals surface area contributed by atoms with Crippen LogP contribution >= 0.6 is 11.3 Å². The van der Waals surface area contributed by atoms with Crippen molar-refractivity contribution < 1.29 is 32.5 Å². The molecule has 184 valence electrons. The summed E-state index contributed by atoms with van der Waals surface area (Å²) in [4.78, 5) is 53.7. The average molecular weight is 514 g/mol. The quantitative estimate of drug-likeness (QED) is 0.393. The Labute approximate surface area is 198 Å². The Kier molecular flexibility index (Phi) is 7.66. The second kappa shape index (κ2) is 10.3. The SMILES string of the molecule is CCOC(=O)N1CCN(C(=O)CS(=O)(=O)CC(=O)N=c2sc3cc([N+](=O)[O-])ccc3n2C)CC1. The molecule has 0 N–H and O–H groups in total. The Bertz CT molecular complexity index is 1310. The lowest BCUT2D eigenvalue weighted by Crippen LogP contribution is -2.52. The van der Waals surface area contributed by atoms with Crippen molar-refractivity contribution in [2.24, 2.45) is 12.0 Å². The van der Waals surface area contributed by atoms with Crippen LogP contribution in [0.5, 0.6) is 0 Å². The first-order valence-corrected chi connectivity index (χ1v) is 12.9. The van der Waals surface area contributed by atoms with E-state index < -0.39 is 44.2 Å². The maximum atomic E-state index is 12.4. The minimum atomic E-state index is -4.08. The van der Waals surface area contributed by atoms with Crippen molar-refractivity contribution in [2.45, 2.75) is 6.92 Å². The van der Waals surface area contributed by atoms with Crippen LogP contribution in [-0.2, 0) is 31.2 Å². The molecule has 3 rings (SSSR count). The molecule has 1 aromatic heterocycles. The van der Waals surface area contributed by atoms with Gasteiger partial charge in [0.25, 0.3) is 11.6 Å². The number of aryl methyl sites for hydroxylation is 1. The fourth-order valence-corrected chi connectivity index (χ4v) is 5.52. The summed E-state index contributed by atoms with van der Waals surface area (Å²) in [5.74, 6) is -3.40. The van der Waals surface area contributed by atoms with E-state index in [9.17, 15) is 32.9 Å². The zero-order valence-corrected chi connectivity index (χ0v) is 20.1. The monoisotopic (exact) mass is 513 g/mol. The van der Waals surface area contributed by atoms with Gasteiger partial charge in [-0.2, -0.15) is 4.99 Å². The molecule has 1 aliphatic rings. The number of aromatic nitrogens is 1. The zero-order valence-electron chi connectivity index (χ0n) is 18.5. The predicted molar refractivity (Wildman–Crippen MR) is 122 cm³/mol.